The van der Waals surface area contributed by atoms with Crippen molar-refractivity contribution in [2.45, 2.75) is 25.8 Å². The molecule has 7 nitrogen and oxygen atoms in total. The van der Waals surface area contributed by atoms with Crippen LogP contribution in [0.2, 0.25) is 0 Å². The number of sulfonamides is 1. The Balaban J connectivity index is 2.35. The van der Waals surface area contributed by atoms with Gasteiger partial charge < -0.3 is 4.57 Å². The van der Waals surface area contributed by atoms with Gasteiger partial charge in [-0.3, -0.25) is 10.1 Å². The monoisotopic (exact) mass is 325 g/mol. The highest BCUT2D eigenvalue weighted by molar-refractivity contribution is 7.89. The molecule has 2 N–H and O–H groups in total. The molecule has 2 aromatic rings. The van der Waals surface area contributed by atoms with Crippen molar-refractivity contribution in [3.05, 3.63) is 45.6 Å². The number of hydrogen-bond acceptors (Lipinski definition) is 4. The number of nitrogens with two attached hydrogens (primary N) is 1. The number of aromatic nitrogens is 1. The predicted molar refractivity (Wildman–Crippen MR) is 84.8 cm³/mol. The van der Waals surface area contributed by atoms with Crippen LogP contribution in [0.3, 0.4) is 0 Å². The summed E-state index contributed by atoms with van der Waals surface area (Å²) in [5.74, 6) is -0.119. The summed E-state index contributed by atoms with van der Waals surface area (Å²) in [5.41, 5.74) is 2.70. The molecule has 0 aliphatic rings. The molecule has 120 valence electrons. The highest BCUT2D eigenvalue weighted by Crippen LogP contribution is 2.24. The minimum Gasteiger partial charge on any atom is -0.350 e. The van der Waals surface area contributed by atoms with Crippen molar-refractivity contribution in [3.63, 3.8) is 0 Å². The van der Waals surface area contributed by atoms with Gasteiger partial charge in [-0.1, -0.05) is 6.07 Å². The number of benzene rings is 1. The van der Waals surface area contributed by atoms with Crippen LogP contribution in [0.1, 0.15) is 18.1 Å². The van der Waals surface area contributed by atoms with Crippen molar-refractivity contribution < 1.29 is 13.3 Å². The van der Waals surface area contributed by atoms with Gasteiger partial charge in [-0.25, -0.2) is 13.6 Å². The summed E-state index contributed by atoms with van der Waals surface area (Å²) in [7, 11) is -1.62. The summed E-state index contributed by atoms with van der Waals surface area (Å²) in [6.07, 6.45) is 2.55. The van der Waals surface area contributed by atoms with Gasteiger partial charge in [-0.2, -0.15) is 0 Å². The lowest BCUT2D eigenvalue weighted by Crippen LogP contribution is -2.18. The van der Waals surface area contributed by atoms with E-state index in [1.165, 1.54) is 0 Å². The van der Waals surface area contributed by atoms with Crippen LogP contribution in [0.15, 0.2) is 24.4 Å². The van der Waals surface area contributed by atoms with Crippen molar-refractivity contribution in [2.24, 2.45) is 12.2 Å². The Labute approximate surface area is 128 Å². The molecule has 0 radical (unpaired) electrons. The van der Waals surface area contributed by atoms with Gasteiger partial charge in [0.05, 0.1) is 5.75 Å². The van der Waals surface area contributed by atoms with E-state index in [9.17, 15) is 18.5 Å². The Morgan fingerprint density at radius 2 is 2.09 bits per heavy atom. The van der Waals surface area contributed by atoms with E-state index in [1.54, 1.807) is 6.92 Å². The maximum absolute atomic E-state index is 11.1. The summed E-state index contributed by atoms with van der Waals surface area (Å²) >= 11 is 0. The zero-order chi connectivity index (χ0) is 16.5. The third-order valence-corrected chi connectivity index (χ3v) is 4.46. The summed E-state index contributed by atoms with van der Waals surface area (Å²) in [6, 6.07) is 4.98. The Morgan fingerprint density at radius 3 is 2.68 bits per heavy atom. The summed E-state index contributed by atoms with van der Waals surface area (Å²) in [6.45, 7) is 1.57. The van der Waals surface area contributed by atoms with Crippen molar-refractivity contribution >= 4 is 20.9 Å². The summed E-state index contributed by atoms with van der Waals surface area (Å²) in [4.78, 5) is 10.5. The number of primary sulfonamides is 1. The molecule has 0 aliphatic heterocycles. The quantitative estimate of drug-likeness (QED) is 0.636. The third kappa shape index (κ3) is 3.83. The molecule has 0 saturated carbocycles. The molecule has 0 spiro atoms. The van der Waals surface area contributed by atoms with Crippen LogP contribution in [0.4, 0.5) is 0 Å². The molecule has 0 fully saturated rings. The van der Waals surface area contributed by atoms with Gasteiger partial charge >= 0.3 is 0 Å². The second kappa shape index (κ2) is 6.05. The van der Waals surface area contributed by atoms with Crippen molar-refractivity contribution in [3.8, 4) is 0 Å². The highest BCUT2D eigenvalue weighted by atomic mass is 32.2. The van der Waals surface area contributed by atoms with Gasteiger partial charge in [-0.15, -0.1) is 0 Å². The number of nitrogens with zero attached hydrogens (tertiary/aromatic N) is 2. The number of hydrogen-bond donors (Lipinski definition) is 1. The highest BCUT2D eigenvalue weighted by Gasteiger charge is 2.17. The zero-order valence-corrected chi connectivity index (χ0v) is 13.3. The van der Waals surface area contributed by atoms with Gasteiger partial charge in [-0.05, 0) is 29.7 Å². The number of fused-ring (bicyclic) bond motifs is 1. The molecule has 8 heteroatoms. The molecule has 0 aliphatic carbocycles. The molecule has 0 bridgehead atoms. The van der Waals surface area contributed by atoms with Gasteiger partial charge in [0.25, 0.3) is 0 Å². The smallest absolute Gasteiger partial charge is 0.214 e. The van der Waals surface area contributed by atoms with E-state index < -0.39 is 16.1 Å². The minimum absolute atomic E-state index is 0.119. The fourth-order valence-corrected chi connectivity index (χ4v) is 3.01. The number of nitro groups is 1. The third-order valence-electron chi connectivity index (χ3n) is 3.69. The van der Waals surface area contributed by atoms with E-state index in [4.69, 9.17) is 5.14 Å². The van der Waals surface area contributed by atoms with Gasteiger partial charge in [0, 0.05) is 42.4 Å². The lowest BCUT2D eigenvalue weighted by atomic mass is 10.0. The summed E-state index contributed by atoms with van der Waals surface area (Å²) < 4.78 is 24.0. The second-order valence-electron chi connectivity index (χ2n) is 5.57. The summed E-state index contributed by atoms with van der Waals surface area (Å²) in [5, 5.41) is 16.8. The largest absolute Gasteiger partial charge is 0.350 e. The van der Waals surface area contributed by atoms with Crippen molar-refractivity contribution in [1.82, 2.24) is 4.57 Å². The average Bonchev–Trinajstić information content (AvgIpc) is 2.72. The predicted octanol–water partition coefficient (Wildman–Crippen LogP) is 1.22. The van der Waals surface area contributed by atoms with Crippen LogP contribution < -0.4 is 5.14 Å². The minimum atomic E-state index is -3.51. The fourth-order valence-electron chi connectivity index (χ4n) is 2.49. The molecule has 1 aromatic carbocycles. The SMILES string of the molecule is CC(Cc1cn(C)c2ccc(CCS(N)(=O)=O)cc12)[N+](=O)[O-]. The molecule has 1 heterocycles. The van der Waals surface area contributed by atoms with Gasteiger partial charge in [0.2, 0.25) is 16.1 Å². The molecule has 1 atom stereocenters. The maximum Gasteiger partial charge on any atom is 0.214 e. The molecule has 2 rings (SSSR count). The molecule has 0 amide bonds. The molecule has 0 saturated heterocycles. The first-order chi connectivity index (χ1) is 10.2. The Morgan fingerprint density at radius 1 is 1.41 bits per heavy atom. The van der Waals surface area contributed by atoms with Crippen LogP contribution in [-0.4, -0.2) is 29.7 Å². The normalized spacial score (nSPS) is 13.4. The lowest BCUT2D eigenvalue weighted by molar-refractivity contribution is -0.517. The maximum atomic E-state index is 11.1. The van der Waals surface area contributed by atoms with Crippen LogP contribution in [0.5, 0.6) is 0 Å². The molecular formula is C14H19N3O4S. The van der Waals surface area contributed by atoms with Gasteiger partial charge in [0.1, 0.15) is 0 Å². The molecule has 22 heavy (non-hydrogen) atoms. The Kier molecular flexibility index (Phi) is 4.52. The van der Waals surface area contributed by atoms with Crippen molar-refractivity contribution in [1.29, 1.82) is 0 Å². The van der Waals surface area contributed by atoms with E-state index in [2.05, 4.69) is 0 Å². The van der Waals surface area contributed by atoms with E-state index >= 15 is 0 Å². The average molecular weight is 325 g/mol. The number of rotatable bonds is 6. The first-order valence-corrected chi connectivity index (χ1v) is 8.59. The first-order valence-electron chi connectivity index (χ1n) is 6.88. The van der Waals surface area contributed by atoms with E-state index in [-0.39, 0.29) is 10.7 Å². The van der Waals surface area contributed by atoms with E-state index in [0.29, 0.717) is 12.8 Å². The molecular weight excluding hydrogens is 306 g/mol. The fraction of sp³-hybridized carbons (Fsp3) is 0.429. The van der Waals surface area contributed by atoms with E-state index in [0.717, 1.165) is 22.0 Å². The zero-order valence-electron chi connectivity index (χ0n) is 12.5. The lowest BCUT2D eigenvalue weighted by Gasteiger charge is -2.04. The number of aryl methyl sites for hydroxylation is 2. The Bertz CT molecular complexity index is 811. The van der Waals surface area contributed by atoms with Gasteiger partial charge in [0.15, 0.2) is 0 Å². The van der Waals surface area contributed by atoms with Crippen LogP contribution in [0.25, 0.3) is 10.9 Å². The molecule has 1 aromatic heterocycles. The van der Waals surface area contributed by atoms with Crippen LogP contribution >= 0.6 is 0 Å². The topological polar surface area (TPSA) is 108 Å². The second-order valence-corrected chi connectivity index (χ2v) is 7.31. The van der Waals surface area contributed by atoms with Crippen LogP contribution in [0, 0.1) is 10.1 Å². The van der Waals surface area contributed by atoms with Crippen molar-refractivity contribution in [2.75, 3.05) is 5.75 Å². The van der Waals surface area contributed by atoms with E-state index in [1.807, 2.05) is 36.0 Å². The van der Waals surface area contributed by atoms with Crippen LogP contribution in [-0.2, 0) is 29.9 Å². The standard InChI is InChI=1S/C14H19N3O4S/c1-10(17(18)19)7-12-9-16(2)14-4-3-11(8-13(12)14)5-6-22(15,20)21/h3-4,8-10H,5-7H2,1-2H3,(H2,15,20,21). The molecule has 1 unspecified atom stereocenters. The Hall–Kier alpha value is -1.93. The first kappa shape index (κ1) is 16.4.